The van der Waals surface area contributed by atoms with Gasteiger partial charge in [0.2, 0.25) is 0 Å². The first-order valence-corrected chi connectivity index (χ1v) is 5.84. The van der Waals surface area contributed by atoms with Crippen LogP contribution in [0.2, 0.25) is 0 Å². The molecule has 0 aliphatic rings. The zero-order chi connectivity index (χ0) is 13.8. The molecule has 0 spiro atoms. The van der Waals surface area contributed by atoms with Gasteiger partial charge in [-0.2, -0.15) is 5.26 Å². The van der Waals surface area contributed by atoms with Crippen molar-refractivity contribution in [1.29, 1.82) is 5.26 Å². The van der Waals surface area contributed by atoms with Crippen LogP contribution in [0.4, 0.5) is 4.39 Å². The van der Waals surface area contributed by atoms with Crippen molar-refractivity contribution in [3.05, 3.63) is 59.4 Å². The Balaban J connectivity index is 2.38. The van der Waals surface area contributed by atoms with Crippen LogP contribution in [-0.4, -0.2) is 0 Å². The molecule has 0 bridgehead atoms. The van der Waals surface area contributed by atoms with Gasteiger partial charge in [0, 0.05) is 11.6 Å². The van der Waals surface area contributed by atoms with Crippen molar-refractivity contribution in [2.75, 3.05) is 0 Å². The van der Waals surface area contributed by atoms with Crippen LogP contribution in [0.5, 0.6) is 11.5 Å². The van der Waals surface area contributed by atoms with E-state index in [1.54, 1.807) is 43.3 Å². The Hall–Kier alpha value is -2.38. The highest BCUT2D eigenvalue weighted by Crippen LogP contribution is 2.30. The number of hydrogen-bond acceptors (Lipinski definition) is 3. The predicted octanol–water partition coefficient (Wildman–Crippen LogP) is 3.51. The number of nitriles is 1. The zero-order valence-electron chi connectivity index (χ0n) is 10.4. The molecule has 0 radical (unpaired) electrons. The number of hydrogen-bond donors (Lipinski definition) is 1. The van der Waals surface area contributed by atoms with Gasteiger partial charge in [-0.15, -0.1) is 0 Å². The van der Waals surface area contributed by atoms with Crippen molar-refractivity contribution in [1.82, 2.24) is 0 Å². The largest absolute Gasteiger partial charge is 0.457 e. The normalized spacial score (nSPS) is 11.7. The highest BCUT2D eigenvalue weighted by molar-refractivity contribution is 5.43. The van der Waals surface area contributed by atoms with Crippen molar-refractivity contribution < 1.29 is 9.13 Å². The topological polar surface area (TPSA) is 59.0 Å². The second kappa shape index (κ2) is 5.51. The molecule has 3 nitrogen and oxygen atoms in total. The molecule has 0 heterocycles. The van der Waals surface area contributed by atoms with Crippen LogP contribution >= 0.6 is 0 Å². The molecule has 0 aliphatic heterocycles. The molecule has 4 heteroatoms. The quantitative estimate of drug-likeness (QED) is 0.914. The molecule has 2 aromatic rings. The first kappa shape index (κ1) is 13.1. The smallest absolute Gasteiger partial charge is 0.135 e. The molecule has 0 amide bonds. The van der Waals surface area contributed by atoms with Crippen LogP contribution in [-0.2, 0) is 0 Å². The van der Waals surface area contributed by atoms with Gasteiger partial charge in [0.25, 0.3) is 0 Å². The summed E-state index contributed by atoms with van der Waals surface area (Å²) < 4.78 is 19.4. The monoisotopic (exact) mass is 256 g/mol. The van der Waals surface area contributed by atoms with Crippen molar-refractivity contribution >= 4 is 0 Å². The Morgan fingerprint density at radius 2 is 2.00 bits per heavy atom. The highest BCUT2D eigenvalue weighted by atomic mass is 19.1. The average molecular weight is 256 g/mol. The fraction of sp³-hybridized carbons (Fsp3) is 0.133. The van der Waals surface area contributed by atoms with Gasteiger partial charge in [-0.3, -0.25) is 0 Å². The third-order valence-corrected chi connectivity index (χ3v) is 2.66. The van der Waals surface area contributed by atoms with E-state index in [4.69, 9.17) is 15.7 Å². The van der Waals surface area contributed by atoms with Crippen LogP contribution in [0, 0.1) is 17.1 Å². The van der Waals surface area contributed by atoms with Crippen molar-refractivity contribution in [3.8, 4) is 17.6 Å². The summed E-state index contributed by atoms with van der Waals surface area (Å²) in [6.45, 7) is 1.69. The number of nitrogens with zero attached hydrogens (tertiary/aromatic N) is 1. The van der Waals surface area contributed by atoms with Crippen LogP contribution < -0.4 is 10.5 Å². The average Bonchev–Trinajstić information content (AvgIpc) is 2.38. The van der Waals surface area contributed by atoms with E-state index >= 15 is 0 Å². The minimum atomic E-state index is -0.477. The van der Waals surface area contributed by atoms with Crippen LogP contribution in [0.3, 0.4) is 0 Å². The SMILES string of the molecule is C[C@H](N)c1c(F)cccc1Oc1cccc(C#N)c1. The van der Waals surface area contributed by atoms with E-state index < -0.39 is 11.9 Å². The summed E-state index contributed by atoms with van der Waals surface area (Å²) in [4.78, 5) is 0. The maximum atomic E-state index is 13.7. The number of benzene rings is 2. The van der Waals surface area contributed by atoms with Gasteiger partial charge in [-0.1, -0.05) is 12.1 Å². The molecule has 2 rings (SSSR count). The third-order valence-electron chi connectivity index (χ3n) is 2.66. The lowest BCUT2D eigenvalue weighted by Crippen LogP contribution is -2.09. The number of rotatable bonds is 3. The molecular formula is C15H13FN2O. The van der Waals surface area contributed by atoms with Gasteiger partial charge < -0.3 is 10.5 Å². The predicted molar refractivity (Wildman–Crippen MR) is 70.2 cm³/mol. The van der Waals surface area contributed by atoms with E-state index in [2.05, 4.69) is 0 Å². The summed E-state index contributed by atoms with van der Waals surface area (Å²) in [6, 6.07) is 12.8. The molecule has 1 atom stereocenters. The Morgan fingerprint density at radius 3 is 2.68 bits per heavy atom. The van der Waals surface area contributed by atoms with Crippen molar-refractivity contribution in [2.24, 2.45) is 5.73 Å². The molecule has 0 fully saturated rings. The Bertz CT molecular complexity index is 632. The second-order valence-electron chi connectivity index (χ2n) is 4.18. The van der Waals surface area contributed by atoms with Crippen LogP contribution in [0.25, 0.3) is 0 Å². The summed E-state index contributed by atoms with van der Waals surface area (Å²) in [5.41, 5.74) is 6.56. The van der Waals surface area contributed by atoms with Gasteiger partial charge in [0.15, 0.2) is 0 Å². The molecule has 2 N–H and O–H groups in total. The fourth-order valence-electron chi connectivity index (χ4n) is 1.80. The standard InChI is InChI=1S/C15H13FN2O/c1-10(18)15-13(16)6-3-7-14(15)19-12-5-2-4-11(8-12)9-17/h2-8,10H,18H2,1H3/t10-/m0/s1. The molecular weight excluding hydrogens is 243 g/mol. The van der Waals surface area contributed by atoms with E-state index in [0.717, 1.165) is 0 Å². The molecule has 0 aliphatic carbocycles. The lowest BCUT2D eigenvalue weighted by atomic mass is 10.1. The molecule has 0 unspecified atom stereocenters. The van der Waals surface area contributed by atoms with Gasteiger partial charge in [0.1, 0.15) is 17.3 Å². The van der Waals surface area contributed by atoms with E-state index in [9.17, 15) is 4.39 Å². The minimum absolute atomic E-state index is 0.324. The Labute approximate surface area is 111 Å². The summed E-state index contributed by atoms with van der Waals surface area (Å²) >= 11 is 0. The molecule has 0 saturated carbocycles. The lowest BCUT2D eigenvalue weighted by Gasteiger charge is -2.14. The van der Waals surface area contributed by atoms with Crippen molar-refractivity contribution in [3.63, 3.8) is 0 Å². The molecule has 0 aromatic heterocycles. The maximum Gasteiger partial charge on any atom is 0.135 e. The number of halogens is 1. The van der Waals surface area contributed by atoms with Gasteiger partial charge >= 0.3 is 0 Å². The summed E-state index contributed by atoms with van der Waals surface area (Å²) in [5.74, 6) is 0.445. The van der Waals surface area contributed by atoms with Crippen molar-refractivity contribution in [2.45, 2.75) is 13.0 Å². The highest BCUT2D eigenvalue weighted by Gasteiger charge is 2.14. The number of ether oxygens (including phenoxy) is 1. The Morgan fingerprint density at radius 1 is 1.26 bits per heavy atom. The van der Waals surface area contributed by atoms with Gasteiger partial charge in [-0.25, -0.2) is 4.39 Å². The Kier molecular flexibility index (Phi) is 3.79. The zero-order valence-corrected chi connectivity index (χ0v) is 10.4. The van der Waals surface area contributed by atoms with Crippen LogP contribution in [0.15, 0.2) is 42.5 Å². The molecule has 0 saturated heterocycles. The second-order valence-corrected chi connectivity index (χ2v) is 4.18. The molecule has 2 aromatic carbocycles. The number of nitrogens with two attached hydrogens (primary N) is 1. The van der Waals surface area contributed by atoms with E-state index in [-0.39, 0.29) is 0 Å². The summed E-state index contributed by atoms with van der Waals surface area (Å²) in [6.07, 6.45) is 0. The summed E-state index contributed by atoms with van der Waals surface area (Å²) in [5, 5.41) is 8.83. The summed E-state index contributed by atoms with van der Waals surface area (Å²) in [7, 11) is 0. The van der Waals surface area contributed by atoms with Crippen LogP contribution in [0.1, 0.15) is 24.1 Å². The first-order valence-electron chi connectivity index (χ1n) is 5.84. The van der Waals surface area contributed by atoms with E-state index in [1.807, 2.05) is 6.07 Å². The first-order chi connectivity index (χ1) is 9.11. The third kappa shape index (κ3) is 2.90. The lowest BCUT2D eigenvalue weighted by molar-refractivity contribution is 0.460. The molecule has 96 valence electrons. The maximum absolute atomic E-state index is 13.7. The van der Waals surface area contributed by atoms with E-state index in [1.165, 1.54) is 6.07 Å². The van der Waals surface area contributed by atoms with Gasteiger partial charge in [-0.05, 0) is 37.3 Å². The van der Waals surface area contributed by atoms with Gasteiger partial charge in [0.05, 0.1) is 11.6 Å². The van der Waals surface area contributed by atoms with E-state index in [0.29, 0.717) is 22.6 Å². The minimum Gasteiger partial charge on any atom is -0.457 e. The molecule has 19 heavy (non-hydrogen) atoms. The fourth-order valence-corrected chi connectivity index (χ4v) is 1.80.